The van der Waals surface area contributed by atoms with Crippen molar-refractivity contribution in [3.63, 3.8) is 0 Å². The SMILES string of the molecule is Brc1ccc(-c2ncc(OCC3CCNC3)nc2-c2ccc(Br)cc2)cc1. The Labute approximate surface area is 175 Å². The van der Waals surface area contributed by atoms with Gasteiger partial charge >= 0.3 is 0 Å². The van der Waals surface area contributed by atoms with E-state index in [-0.39, 0.29) is 0 Å². The van der Waals surface area contributed by atoms with Crippen LogP contribution >= 0.6 is 31.9 Å². The summed E-state index contributed by atoms with van der Waals surface area (Å²) in [6.45, 7) is 2.73. The third kappa shape index (κ3) is 4.57. The van der Waals surface area contributed by atoms with Crippen molar-refractivity contribution < 1.29 is 4.74 Å². The fourth-order valence-corrected chi connectivity index (χ4v) is 3.66. The molecule has 0 saturated carbocycles. The largest absolute Gasteiger partial charge is 0.476 e. The van der Waals surface area contributed by atoms with Gasteiger partial charge in [0.2, 0.25) is 5.88 Å². The van der Waals surface area contributed by atoms with Crippen molar-refractivity contribution in [3.8, 4) is 28.4 Å². The number of ether oxygens (including phenoxy) is 1. The van der Waals surface area contributed by atoms with Gasteiger partial charge in [0.25, 0.3) is 0 Å². The fraction of sp³-hybridized carbons (Fsp3) is 0.238. The molecule has 2 heterocycles. The Bertz CT molecular complexity index is 908. The van der Waals surface area contributed by atoms with E-state index in [9.17, 15) is 0 Å². The van der Waals surface area contributed by atoms with Crippen LogP contribution in [-0.4, -0.2) is 29.7 Å². The average Bonchev–Trinajstić information content (AvgIpc) is 3.21. The lowest BCUT2D eigenvalue weighted by molar-refractivity contribution is 0.250. The Balaban J connectivity index is 1.69. The van der Waals surface area contributed by atoms with Crippen LogP contribution in [-0.2, 0) is 0 Å². The van der Waals surface area contributed by atoms with E-state index in [2.05, 4.69) is 37.2 Å². The standard InChI is InChI=1S/C21H19Br2N3O/c22-17-5-1-15(2-6-17)20-21(16-3-7-18(23)8-4-16)26-19(12-25-20)27-13-14-9-10-24-11-14/h1-8,12,14,24H,9-11,13H2. The van der Waals surface area contributed by atoms with Crippen molar-refractivity contribution in [2.24, 2.45) is 5.92 Å². The highest BCUT2D eigenvalue weighted by atomic mass is 79.9. The minimum Gasteiger partial charge on any atom is -0.476 e. The quantitative estimate of drug-likeness (QED) is 0.527. The van der Waals surface area contributed by atoms with Gasteiger partial charge in [0, 0.05) is 32.5 Å². The van der Waals surface area contributed by atoms with Crippen molar-refractivity contribution >= 4 is 31.9 Å². The molecule has 1 aliphatic heterocycles. The van der Waals surface area contributed by atoms with Crippen LogP contribution in [0.5, 0.6) is 5.88 Å². The van der Waals surface area contributed by atoms with Crippen LogP contribution in [0.3, 0.4) is 0 Å². The molecule has 1 unspecified atom stereocenters. The second-order valence-corrected chi connectivity index (χ2v) is 8.42. The molecular weight excluding hydrogens is 470 g/mol. The van der Waals surface area contributed by atoms with Crippen LogP contribution in [0.15, 0.2) is 63.7 Å². The molecule has 0 aliphatic carbocycles. The van der Waals surface area contributed by atoms with Crippen LogP contribution in [0.25, 0.3) is 22.5 Å². The zero-order valence-corrected chi connectivity index (χ0v) is 17.8. The van der Waals surface area contributed by atoms with Gasteiger partial charge in [0.15, 0.2) is 0 Å². The molecule has 1 aromatic heterocycles. The van der Waals surface area contributed by atoms with Gasteiger partial charge in [0.05, 0.1) is 18.5 Å². The second-order valence-electron chi connectivity index (χ2n) is 6.59. The third-order valence-electron chi connectivity index (χ3n) is 4.62. The molecule has 1 N–H and O–H groups in total. The summed E-state index contributed by atoms with van der Waals surface area (Å²) < 4.78 is 8.02. The molecule has 2 aromatic carbocycles. The van der Waals surface area contributed by atoms with Gasteiger partial charge in [-0.05, 0) is 37.2 Å². The van der Waals surface area contributed by atoms with Gasteiger partial charge in [-0.25, -0.2) is 9.97 Å². The number of hydrogen-bond donors (Lipinski definition) is 1. The summed E-state index contributed by atoms with van der Waals surface area (Å²) in [5, 5.41) is 3.36. The number of halogens is 2. The van der Waals surface area contributed by atoms with Crippen LogP contribution < -0.4 is 10.1 Å². The van der Waals surface area contributed by atoms with Gasteiger partial charge in [-0.1, -0.05) is 56.1 Å². The molecule has 27 heavy (non-hydrogen) atoms. The minimum absolute atomic E-state index is 0.536. The maximum absolute atomic E-state index is 5.96. The number of nitrogens with one attached hydrogen (secondary N) is 1. The Hall–Kier alpha value is -1.76. The van der Waals surface area contributed by atoms with E-state index >= 15 is 0 Å². The van der Waals surface area contributed by atoms with E-state index in [1.807, 2.05) is 48.5 Å². The molecule has 0 bridgehead atoms. The maximum atomic E-state index is 5.96. The first kappa shape index (κ1) is 18.6. The van der Waals surface area contributed by atoms with Gasteiger partial charge in [-0.3, -0.25) is 0 Å². The molecular formula is C21H19Br2N3O. The molecule has 4 nitrogen and oxygen atoms in total. The summed E-state index contributed by atoms with van der Waals surface area (Å²) in [4.78, 5) is 9.49. The van der Waals surface area contributed by atoms with Crippen molar-refractivity contribution in [3.05, 3.63) is 63.7 Å². The van der Waals surface area contributed by atoms with E-state index in [0.717, 1.165) is 51.0 Å². The highest BCUT2D eigenvalue weighted by molar-refractivity contribution is 9.10. The second kappa shape index (κ2) is 8.50. The minimum atomic E-state index is 0.536. The molecule has 3 aromatic rings. The predicted octanol–water partition coefficient (Wildman–Crippen LogP) is 5.32. The first-order valence-corrected chi connectivity index (χ1v) is 10.5. The van der Waals surface area contributed by atoms with Gasteiger partial charge < -0.3 is 10.1 Å². The summed E-state index contributed by atoms with van der Waals surface area (Å²) in [6, 6.07) is 16.2. The number of aromatic nitrogens is 2. The van der Waals surface area contributed by atoms with Crippen LogP contribution in [0.4, 0.5) is 0 Å². The lowest BCUT2D eigenvalue weighted by Crippen LogP contribution is -2.16. The third-order valence-corrected chi connectivity index (χ3v) is 5.67. The highest BCUT2D eigenvalue weighted by Crippen LogP contribution is 2.32. The maximum Gasteiger partial charge on any atom is 0.232 e. The molecule has 0 radical (unpaired) electrons. The molecule has 1 fully saturated rings. The molecule has 6 heteroatoms. The van der Waals surface area contributed by atoms with Gasteiger partial charge in [0.1, 0.15) is 5.69 Å². The first-order chi connectivity index (χ1) is 13.2. The molecule has 0 amide bonds. The van der Waals surface area contributed by atoms with E-state index < -0.39 is 0 Å². The van der Waals surface area contributed by atoms with Crippen molar-refractivity contribution in [2.45, 2.75) is 6.42 Å². The van der Waals surface area contributed by atoms with Crippen molar-refractivity contribution in [1.29, 1.82) is 0 Å². The monoisotopic (exact) mass is 487 g/mol. The smallest absolute Gasteiger partial charge is 0.232 e. The zero-order chi connectivity index (χ0) is 18.6. The van der Waals surface area contributed by atoms with E-state index in [1.54, 1.807) is 6.20 Å². The van der Waals surface area contributed by atoms with Crippen molar-refractivity contribution in [1.82, 2.24) is 15.3 Å². The molecule has 1 saturated heterocycles. The van der Waals surface area contributed by atoms with Crippen molar-refractivity contribution in [2.75, 3.05) is 19.7 Å². The number of benzene rings is 2. The zero-order valence-electron chi connectivity index (χ0n) is 14.7. The van der Waals surface area contributed by atoms with Crippen LogP contribution in [0.1, 0.15) is 6.42 Å². The van der Waals surface area contributed by atoms with E-state index in [0.29, 0.717) is 18.4 Å². The lowest BCUT2D eigenvalue weighted by Gasteiger charge is -2.13. The first-order valence-electron chi connectivity index (χ1n) is 8.91. The van der Waals surface area contributed by atoms with E-state index in [1.165, 1.54) is 0 Å². The Morgan fingerprint density at radius 3 is 2.15 bits per heavy atom. The molecule has 1 aliphatic rings. The number of nitrogens with zero attached hydrogens (tertiary/aromatic N) is 2. The Morgan fingerprint density at radius 2 is 1.56 bits per heavy atom. The Kier molecular flexibility index (Phi) is 5.86. The molecule has 4 rings (SSSR count). The average molecular weight is 489 g/mol. The number of rotatable bonds is 5. The van der Waals surface area contributed by atoms with Gasteiger partial charge in [-0.15, -0.1) is 0 Å². The lowest BCUT2D eigenvalue weighted by atomic mass is 10.0. The summed E-state index contributed by atoms with van der Waals surface area (Å²) in [5.74, 6) is 1.11. The van der Waals surface area contributed by atoms with Crippen LogP contribution in [0, 0.1) is 5.92 Å². The molecule has 0 spiro atoms. The summed E-state index contributed by atoms with van der Waals surface area (Å²) >= 11 is 6.98. The number of hydrogen-bond acceptors (Lipinski definition) is 4. The summed E-state index contributed by atoms with van der Waals surface area (Å²) in [7, 11) is 0. The predicted molar refractivity (Wildman–Crippen MR) is 115 cm³/mol. The van der Waals surface area contributed by atoms with E-state index in [4.69, 9.17) is 14.7 Å². The van der Waals surface area contributed by atoms with Crippen LogP contribution in [0.2, 0.25) is 0 Å². The highest BCUT2D eigenvalue weighted by Gasteiger charge is 2.17. The topological polar surface area (TPSA) is 47.0 Å². The molecule has 1 atom stereocenters. The summed E-state index contributed by atoms with van der Waals surface area (Å²) in [5.41, 5.74) is 3.71. The Morgan fingerprint density at radius 1 is 0.926 bits per heavy atom. The normalized spacial score (nSPS) is 16.4. The van der Waals surface area contributed by atoms with Gasteiger partial charge in [-0.2, -0.15) is 0 Å². The fourth-order valence-electron chi connectivity index (χ4n) is 3.13. The summed E-state index contributed by atoms with van der Waals surface area (Å²) in [6.07, 6.45) is 2.87. The molecule has 138 valence electrons.